The second-order valence-electron chi connectivity index (χ2n) is 4.10. The molecule has 0 fully saturated rings. The van der Waals surface area contributed by atoms with Crippen molar-refractivity contribution in [1.82, 2.24) is 0 Å². The van der Waals surface area contributed by atoms with Gasteiger partial charge in [-0.1, -0.05) is 0 Å². The Hall–Kier alpha value is -0.0231. The summed E-state index contributed by atoms with van der Waals surface area (Å²) in [6.07, 6.45) is 0.864. The molecule has 0 amide bonds. The summed E-state index contributed by atoms with van der Waals surface area (Å²) < 4.78 is 28.0. The van der Waals surface area contributed by atoms with E-state index in [0.717, 1.165) is 12.5 Å². The van der Waals surface area contributed by atoms with E-state index in [0.29, 0.717) is 52.8 Å². The Kier molecular flexibility index (Phi) is 13.9. The molecule has 0 radical (unpaired) electrons. The van der Waals surface area contributed by atoms with Gasteiger partial charge in [-0.15, -0.1) is 0 Å². The van der Waals surface area contributed by atoms with Gasteiger partial charge in [0.05, 0.1) is 19.8 Å². The Balaban J connectivity index is 3.82. The van der Waals surface area contributed by atoms with Crippen molar-refractivity contribution >= 4 is 8.80 Å². The van der Waals surface area contributed by atoms with Crippen LogP contribution in [0.4, 0.5) is 0 Å². The summed E-state index contributed by atoms with van der Waals surface area (Å²) in [6.45, 7) is 10.7. The van der Waals surface area contributed by atoms with Crippen LogP contribution in [0.5, 0.6) is 0 Å². The quantitative estimate of drug-likeness (QED) is 0.364. The van der Waals surface area contributed by atoms with Crippen LogP contribution in [0, 0.1) is 0 Å². The van der Waals surface area contributed by atoms with E-state index < -0.39 is 8.80 Å². The number of hydrogen-bond donors (Lipinski definition) is 1. The van der Waals surface area contributed by atoms with E-state index in [1.54, 1.807) is 0 Å². The zero-order valence-corrected chi connectivity index (χ0v) is 14.2. The lowest BCUT2D eigenvalue weighted by Crippen LogP contribution is -2.46. The van der Waals surface area contributed by atoms with Gasteiger partial charge >= 0.3 is 8.80 Å². The lowest BCUT2D eigenvalue weighted by molar-refractivity contribution is 0.0445. The maximum atomic E-state index is 5.77. The summed E-state index contributed by atoms with van der Waals surface area (Å²) >= 11 is 0. The number of hydrogen-bond acceptors (Lipinski definition) is 6. The summed E-state index contributed by atoms with van der Waals surface area (Å²) in [5, 5.41) is 0. The fourth-order valence-corrected chi connectivity index (χ4v) is 4.38. The van der Waals surface area contributed by atoms with Gasteiger partial charge in [0, 0.05) is 39.0 Å². The van der Waals surface area contributed by atoms with Crippen LogP contribution in [-0.2, 0) is 22.8 Å². The first-order valence-electron chi connectivity index (χ1n) is 7.52. The molecule has 0 spiro atoms. The highest BCUT2D eigenvalue weighted by Gasteiger charge is 2.39. The van der Waals surface area contributed by atoms with Gasteiger partial charge in [0.25, 0.3) is 0 Å². The average Bonchev–Trinajstić information content (AvgIpc) is 2.43. The molecule has 0 bridgehead atoms. The maximum absolute atomic E-state index is 5.77. The van der Waals surface area contributed by atoms with E-state index >= 15 is 0 Å². The van der Waals surface area contributed by atoms with Gasteiger partial charge in [0.1, 0.15) is 0 Å². The molecule has 122 valence electrons. The predicted octanol–water partition coefficient (Wildman–Crippen LogP) is 1.42. The van der Waals surface area contributed by atoms with Crippen molar-refractivity contribution in [3.05, 3.63) is 0 Å². The van der Waals surface area contributed by atoms with E-state index in [9.17, 15) is 0 Å². The Morgan fingerprint density at radius 1 is 0.750 bits per heavy atom. The zero-order chi connectivity index (χ0) is 15.1. The zero-order valence-electron chi connectivity index (χ0n) is 13.2. The minimum absolute atomic E-state index is 0.547. The van der Waals surface area contributed by atoms with Gasteiger partial charge in [-0.25, -0.2) is 0 Å². The standard InChI is InChI=1S/C13H31NO5Si/c1-4-17-20(18-5-2,19-6-3)13-7-9-15-11-12-16-10-8-14/h4-14H2,1-3H3. The smallest absolute Gasteiger partial charge is 0.379 e. The van der Waals surface area contributed by atoms with Gasteiger partial charge in [0.15, 0.2) is 0 Å². The van der Waals surface area contributed by atoms with Crippen molar-refractivity contribution in [2.24, 2.45) is 5.73 Å². The number of ether oxygens (including phenoxy) is 2. The second-order valence-corrected chi connectivity index (χ2v) is 6.83. The van der Waals surface area contributed by atoms with E-state index in [1.807, 2.05) is 20.8 Å². The molecular formula is C13H31NO5Si. The van der Waals surface area contributed by atoms with Gasteiger partial charge < -0.3 is 28.5 Å². The highest BCUT2D eigenvalue weighted by molar-refractivity contribution is 6.60. The van der Waals surface area contributed by atoms with Crippen molar-refractivity contribution in [3.63, 3.8) is 0 Å². The topological polar surface area (TPSA) is 72.2 Å². The third-order valence-corrected chi connectivity index (χ3v) is 5.65. The third-order valence-electron chi connectivity index (χ3n) is 2.50. The molecule has 20 heavy (non-hydrogen) atoms. The Morgan fingerprint density at radius 3 is 1.70 bits per heavy atom. The molecule has 0 rings (SSSR count). The SMILES string of the molecule is CCO[Si](CCCOCCOCCN)(OCC)OCC. The van der Waals surface area contributed by atoms with Crippen LogP contribution >= 0.6 is 0 Å². The van der Waals surface area contributed by atoms with Gasteiger partial charge in [-0.3, -0.25) is 0 Å². The highest BCUT2D eigenvalue weighted by Crippen LogP contribution is 2.18. The lowest BCUT2D eigenvalue weighted by atomic mass is 10.5. The van der Waals surface area contributed by atoms with E-state index in [4.69, 9.17) is 28.5 Å². The molecule has 0 aromatic heterocycles. The summed E-state index contributed by atoms with van der Waals surface area (Å²) in [5.41, 5.74) is 5.32. The van der Waals surface area contributed by atoms with Crippen LogP contribution in [0.25, 0.3) is 0 Å². The van der Waals surface area contributed by atoms with E-state index in [-0.39, 0.29) is 0 Å². The van der Waals surface area contributed by atoms with Crippen LogP contribution in [0.2, 0.25) is 6.04 Å². The molecule has 2 N–H and O–H groups in total. The van der Waals surface area contributed by atoms with Crippen molar-refractivity contribution < 1.29 is 22.8 Å². The molecule has 0 aliphatic carbocycles. The first kappa shape index (κ1) is 20.0. The highest BCUT2D eigenvalue weighted by atomic mass is 28.4. The molecule has 0 heterocycles. The summed E-state index contributed by atoms with van der Waals surface area (Å²) in [4.78, 5) is 0. The molecule has 7 heteroatoms. The van der Waals surface area contributed by atoms with E-state index in [2.05, 4.69) is 0 Å². The predicted molar refractivity (Wildman–Crippen MR) is 80.7 cm³/mol. The van der Waals surface area contributed by atoms with Crippen LogP contribution in [0.1, 0.15) is 27.2 Å². The fourth-order valence-electron chi connectivity index (χ4n) is 1.80. The fraction of sp³-hybridized carbons (Fsp3) is 1.00. The molecule has 6 nitrogen and oxygen atoms in total. The summed E-state index contributed by atoms with van der Waals surface area (Å²) in [5.74, 6) is 0. The minimum atomic E-state index is -2.50. The molecule has 0 aliphatic heterocycles. The first-order chi connectivity index (χ1) is 9.74. The molecule has 0 unspecified atom stereocenters. The monoisotopic (exact) mass is 309 g/mol. The number of rotatable bonds is 15. The van der Waals surface area contributed by atoms with Crippen LogP contribution in [-0.4, -0.2) is 61.6 Å². The molecule has 0 atom stereocenters. The van der Waals surface area contributed by atoms with Gasteiger partial charge in [-0.05, 0) is 27.2 Å². The first-order valence-corrected chi connectivity index (χ1v) is 9.45. The average molecular weight is 309 g/mol. The van der Waals surface area contributed by atoms with Crippen molar-refractivity contribution in [2.75, 3.05) is 52.8 Å². The van der Waals surface area contributed by atoms with Crippen molar-refractivity contribution in [3.8, 4) is 0 Å². The second kappa shape index (κ2) is 13.9. The van der Waals surface area contributed by atoms with Crippen LogP contribution in [0.3, 0.4) is 0 Å². The largest absolute Gasteiger partial charge is 0.501 e. The number of nitrogens with two attached hydrogens (primary N) is 1. The van der Waals surface area contributed by atoms with Crippen molar-refractivity contribution in [2.45, 2.75) is 33.2 Å². The van der Waals surface area contributed by atoms with Gasteiger partial charge in [-0.2, -0.15) is 0 Å². The normalized spacial score (nSPS) is 12.0. The maximum Gasteiger partial charge on any atom is 0.501 e. The molecule has 0 saturated heterocycles. The molecule has 0 saturated carbocycles. The molecule has 0 aromatic rings. The van der Waals surface area contributed by atoms with Crippen LogP contribution in [0.15, 0.2) is 0 Å². The van der Waals surface area contributed by atoms with Crippen LogP contribution < -0.4 is 5.73 Å². The molecule has 0 aromatic carbocycles. The Morgan fingerprint density at radius 2 is 1.25 bits per heavy atom. The van der Waals surface area contributed by atoms with E-state index in [1.165, 1.54) is 0 Å². The summed E-state index contributed by atoms with van der Waals surface area (Å²) in [6, 6.07) is 0.784. The Bertz CT molecular complexity index is 192. The third kappa shape index (κ3) is 9.81. The minimum Gasteiger partial charge on any atom is -0.379 e. The summed E-state index contributed by atoms with van der Waals surface area (Å²) in [7, 11) is -2.50. The van der Waals surface area contributed by atoms with Gasteiger partial charge in [0.2, 0.25) is 0 Å². The lowest BCUT2D eigenvalue weighted by Gasteiger charge is -2.28. The van der Waals surface area contributed by atoms with Crippen molar-refractivity contribution in [1.29, 1.82) is 0 Å². The molecule has 0 aliphatic rings. The molecular weight excluding hydrogens is 278 g/mol. The Labute approximate surface area is 124 Å².